The lowest BCUT2D eigenvalue weighted by molar-refractivity contribution is -0.121. The summed E-state index contributed by atoms with van der Waals surface area (Å²) in [5.41, 5.74) is 0.984. The highest BCUT2D eigenvalue weighted by Crippen LogP contribution is 2.24. The maximum absolute atomic E-state index is 14.0. The number of benzene rings is 2. The van der Waals surface area contributed by atoms with E-state index in [4.69, 9.17) is 23.2 Å². The Labute approximate surface area is 160 Å². The number of nitrogens with one attached hydrogen (secondary N) is 1. The number of hydrogen-bond donors (Lipinski definition) is 1. The monoisotopic (exact) mass is 391 g/mol. The summed E-state index contributed by atoms with van der Waals surface area (Å²) in [6.45, 7) is 0. The average molecular weight is 392 g/mol. The second-order valence-electron chi connectivity index (χ2n) is 5.83. The number of aromatic nitrogens is 2. The van der Waals surface area contributed by atoms with Crippen molar-refractivity contribution in [2.45, 2.75) is 12.5 Å². The Kier molecular flexibility index (Phi) is 5.59. The molecule has 1 aromatic heterocycles. The van der Waals surface area contributed by atoms with Crippen LogP contribution in [0.1, 0.15) is 23.0 Å². The van der Waals surface area contributed by atoms with E-state index < -0.39 is 11.9 Å². The third-order valence-corrected chi connectivity index (χ3v) is 4.63. The number of aryl methyl sites for hydroxylation is 1. The molecule has 0 saturated carbocycles. The summed E-state index contributed by atoms with van der Waals surface area (Å²) in [4.78, 5) is 16.9. The van der Waals surface area contributed by atoms with Gasteiger partial charge in [0.25, 0.3) is 0 Å². The fourth-order valence-corrected chi connectivity index (χ4v) is 3.04. The molecule has 4 nitrogen and oxygen atoms in total. The van der Waals surface area contributed by atoms with Crippen LogP contribution in [0.3, 0.4) is 0 Å². The number of halogens is 3. The Morgan fingerprint density at radius 1 is 1.23 bits per heavy atom. The highest BCUT2D eigenvalue weighted by Gasteiger charge is 2.22. The van der Waals surface area contributed by atoms with E-state index in [1.54, 1.807) is 30.6 Å². The fraction of sp³-hybridized carbons (Fsp3) is 0.158. The molecule has 0 saturated heterocycles. The maximum Gasteiger partial charge on any atom is 0.225 e. The van der Waals surface area contributed by atoms with Crippen molar-refractivity contribution in [1.82, 2.24) is 14.9 Å². The summed E-state index contributed by atoms with van der Waals surface area (Å²) in [7, 11) is 1.84. The molecule has 0 radical (unpaired) electrons. The molecule has 3 rings (SSSR count). The van der Waals surface area contributed by atoms with E-state index in [-0.39, 0.29) is 22.9 Å². The lowest BCUT2D eigenvalue weighted by Gasteiger charge is -2.19. The first-order valence-electron chi connectivity index (χ1n) is 7.90. The second kappa shape index (κ2) is 7.89. The van der Waals surface area contributed by atoms with Gasteiger partial charge in [-0.25, -0.2) is 9.37 Å². The molecule has 1 atom stereocenters. The molecule has 0 bridgehead atoms. The molecule has 3 aromatic rings. The van der Waals surface area contributed by atoms with Gasteiger partial charge in [-0.05, 0) is 29.8 Å². The van der Waals surface area contributed by atoms with E-state index in [0.29, 0.717) is 10.8 Å². The summed E-state index contributed by atoms with van der Waals surface area (Å²) in [6.07, 6.45) is 3.27. The van der Waals surface area contributed by atoms with Gasteiger partial charge in [-0.3, -0.25) is 4.79 Å². The standard InChI is InChI=1S/C19H16Cl2FN3O/c1-25-10-9-23-19(25)18(12-5-7-13(20)8-6-12)24-17(26)11-14-15(21)3-2-4-16(14)22/h2-10,18H,11H2,1H3,(H,24,26)/t18-/m1/s1. The van der Waals surface area contributed by atoms with Crippen LogP contribution in [0.15, 0.2) is 54.9 Å². The SMILES string of the molecule is Cn1ccnc1[C@H](NC(=O)Cc1c(F)cccc1Cl)c1ccc(Cl)cc1. The lowest BCUT2D eigenvalue weighted by atomic mass is 10.0. The maximum atomic E-state index is 14.0. The molecule has 2 aromatic carbocycles. The molecule has 26 heavy (non-hydrogen) atoms. The van der Waals surface area contributed by atoms with Crippen molar-refractivity contribution >= 4 is 29.1 Å². The summed E-state index contributed by atoms with van der Waals surface area (Å²) < 4.78 is 15.8. The van der Waals surface area contributed by atoms with Crippen LogP contribution in [0.4, 0.5) is 4.39 Å². The quantitative estimate of drug-likeness (QED) is 0.703. The lowest BCUT2D eigenvalue weighted by Crippen LogP contribution is -2.32. The zero-order valence-electron chi connectivity index (χ0n) is 13.9. The van der Waals surface area contributed by atoms with Crippen LogP contribution in [0.2, 0.25) is 10.0 Å². The van der Waals surface area contributed by atoms with Crippen molar-refractivity contribution in [1.29, 1.82) is 0 Å². The molecule has 0 aliphatic heterocycles. The van der Waals surface area contributed by atoms with Gasteiger partial charge < -0.3 is 9.88 Å². The van der Waals surface area contributed by atoms with Gasteiger partial charge in [0.1, 0.15) is 17.7 Å². The molecule has 0 aliphatic rings. The first-order chi connectivity index (χ1) is 12.5. The van der Waals surface area contributed by atoms with Crippen LogP contribution >= 0.6 is 23.2 Å². The van der Waals surface area contributed by atoms with Crippen molar-refractivity contribution in [3.05, 3.63) is 87.7 Å². The Hall–Kier alpha value is -2.37. The minimum Gasteiger partial charge on any atom is -0.342 e. The normalized spacial score (nSPS) is 12.0. The van der Waals surface area contributed by atoms with E-state index in [1.807, 2.05) is 23.7 Å². The smallest absolute Gasteiger partial charge is 0.225 e. The van der Waals surface area contributed by atoms with Crippen molar-refractivity contribution in [2.75, 3.05) is 0 Å². The number of nitrogens with zero attached hydrogens (tertiary/aromatic N) is 2. The van der Waals surface area contributed by atoms with Crippen molar-refractivity contribution in [3.63, 3.8) is 0 Å². The molecule has 0 aliphatic carbocycles. The predicted molar refractivity (Wildman–Crippen MR) is 99.8 cm³/mol. The van der Waals surface area contributed by atoms with Crippen LogP contribution in [0.25, 0.3) is 0 Å². The van der Waals surface area contributed by atoms with E-state index in [2.05, 4.69) is 10.3 Å². The summed E-state index contributed by atoms with van der Waals surface area (Å²) in [6, 6.07) is 11.0. The number of carbonyl (C=O) groups is 1. The first-order valence-corrected chi connectivity index (χ1v) is 8.66. The van der Waals surface area contributed by atoms with Gasteiger partial charge in [0.05, 0.1) is 6.42 Å². The molecule has 1 amide bonds. The Morgan fingerprint density at radius 3 is 2.58 bits per heavy atom. The van der Waals surface area contributed by atoms with Crippen molar-refractivity contribution < 1.29 is 9.18 Å². The van der Waals surface area contributed by atoms with E-state index in [1.165, 1.54) is 12.1 Å². The second-order valence-corrected chi connectivity index (χ2v) is 6.67. The Balaban J connectivity index is 1.87. The van der Waals surface area contributed by atoms with E-state index in [9.17, 15) is 9.18 Å². The van der Waals surface area contributed by atoms with Crippen LogP contribution in [0, 0.1) is 5.82 Å². The molecule has 0 spiro atoms. The summed E-state index contributed by atoms with van der Waals surface area (Å²) in [5.74, 6) is -0.215. The number of carbonyl (C=O) groups excluding carboxylic acids is 1. The largest absolute Gasteiger partial charge is 0.342 e. The minimum absolute atomic E-state index is 0.167. The minimum atomic E-state index is -0.507. The zero-order valence-corrected chi connectivity index (χ0v) is 15.4. The summed E-state index contributed by atoms with van der Waals surface area (Å²) in [5, 5.41) is 3.72. The van der Waals surface area contributed by atoms with Gasteiger partial charge in [-0.1, -0.05) is 41.4 Å². The van der Waals surface area contributed by atoms with Crippen LogP contribution in [-0.4, -0.2) is 15.5 Å². The van der Waals surface area contributed by atoms with Gasteiger partial charge in [0.15, 0.2) is 0 Å². The molecule has 7 heteroatoms. The number of hydrogen-bond acceptors (Lipinski definition) is 2. The zero-order chi connectivity index (χ0) is 18.7. The number of imidazole rings is 1. The van der Waals surface area contributed by atoms with Gasteiger partial charge in [0.2, 0.25) is 5.91 Å². The molecule has 1 N–H and O–H groups in total. The third-order valence-electron chi connectivity index (χ3n) is 4.02. The van der Waals surface area contributed by atoms with Gasteiger partial charge in [-0.15, -0.1) is 0 Å². The summed E-state index contributed by atoms with van der Waals surface area (Å²) >= 11 is 12.0. The molecular weight excluding hydrogens is 376 g/mol. The van der Waals surface area contributed by atoms with E-state index in [0.717, 1.165) is 5.56 Å². The molecule has 0 fully saturated rings. The topological polar surface area (TPSA) is 46.9 Å². The third kappa shape index (κ3) is 4.06. The van der Waals surface area contributed by atoms with Gasteiger partial charge in [0, 0.05) is 35.1 Å². The highest BCUT2D eigenvalue weighted by molar-refractivity contribution is 6.31. The number of amides is 1. The van der Waals surface area contributed by atoms with Crippen LogP contribution < -0.4 is 5.32 Å². The van der Waals surface area contributed by atoms with Crippen molar-refractivity contribution in [3.8, 4) is 0 Å². The van der Waals surface area contributed by atoms with Crippen LogP contribution in [-0.2, 0) is 18.3 Å². The van der Waals surface area contributed by atoms with Crippen molar-refractivity contribution in [2.24, 2.45) is 7.05 Å². The molecule has 134 valence electrons. The van der Waals surface area contributed by atoms with Gasteiger partial charge in [-0.2, -0.15) is 0 Å². The fourth-order valence-electron chi connectivity index (χ4n) is 2.68. The van der Waals surface area contributed by atoms with Gasteiger partial charge >= 0.3 is 0 Å². The molecular formula is C19H16Cl2FN3O. The molecule has 0 unspecified atom stereocenters. The van der Waals surface area contributed by atoms with E-state index >= 15 is 0 Å². The predicted octanol–water partition coefficient (Wildman–Crippen LogP) is 4.31. The van der Waals surface area contributed by atoms with Crippen LogP contribution in [0.5, 0.6) is 0 Å². The Bertz CT molecular complexity index is 905. The average Bonchev–Trinajstić information content (AvgIpc) is 3.03. The number of rotatable bonds is 5. The highest BCUT2D eigenvalue weighted by atomic mass is 35.5. The molecule has 1 heterocycles. The first kappa shape index (κ1) is 18.4. The Morgan fingerprint density at radius 2 is 1.96 bits per heavy atom.